The maximum atomic E-state index is 13.6. The van der Waals surface area contributed by atoms with Gasteiger partial charge < -0.3 is 0 Å². The van der Waals surface area contributed by atoms with E-state index in [4.69, 9.17) is 0 Å². The molecule has 4 heteroatoms. The molecule has 0 saturated carbocycles. The van der Waals surface area contributed by atoms with E-state index in [2.05, 4.69) is 38.5 Å². The standard InChI is InChI=1S/C11H9BrFIO/c12-7-3-6-4-11(15)10(14)2-1-8(6)9(13)5-7/h3,5,10H,1-2,4H2. The molecule has 80 valence electrons. The van der Waals surface area contributed by atoms with E-state index in [1.54, 1.807) is 0 Å². The number of Topliss-reactive ketones (excluding diaryl/α,β-unsaturated/α-hetero) is 1. The summed E-state index contributed by atoms with van der Waals surface area (Å²) in [6, 6.07) is 3.32. The van der Waals surface area contributed by atoms with Crippen molar-refractivity contribution in [3.63, 3.8) is 0 Å². The second-order valence-corrected chi connectivity index (χ2v) is 6.09. The lowest BCUT2D eigenvalue weighted by atomic mass is 10.0. The molecule has 1 unspecified atom stereocenters. The summed E-state index contributed by atoms with van der Waals surface area (Å²) in [4.78, 5) is 11.7. The first kappa shape index (κ1) is 11.5. The van der Waals surface area contributed by atoms with Gasteiger partial charge in [0, 0.05) is 10.9 Å². The van der Waals surface area contributed by atoms with Crippen molar-refractivity contribution in [1.29, 1.82) is 0 Å². The molecule has 0 aromatic heterocycles. The number of fused-ring (bicyclic) bond motifs is 1. The molecule has 0 spiro atoms. The molecule has 15 heavy (non-hydrogen) atoms. The van der Waals surface area contributed by atoms with Crippen LogP contribution in [0.4, 0.5) is 4.39 Å². The van der Waals surface area contributed by atoms with Crippen LogP contribution in [0.3, 0.4) is 0 Å². The third-order valence-corrected chi connectivity index (χ3v) is 4.39. The lowest BCUT2D eigenvalue weighted by molar-refractivity contribution is -0.117. The number of carbonyl (C=O) groups excluding carboxylic acids is 1. The SMILES string of the molecule is O=C1Cc2cc(Br)cc(F)c2CCC1I. The van der Waals surface area contributed by atoms with Crippen molar-refractivity contribution in [3.05, 3.63) is 33.5 Å². The molecule has 0 saturated heterocycles. The van der Waals surface area contributed by atoms with Crippen LogP contribution in [0.1, 0.15) is 17.5 Å². The monoisotopic (exact) mass is 382 g/mol. The third-order valence-electron chi connectivity index (χ3n) is 2.61. The molecule has 0 amide bonds. The van der Waals surface area contributed by atoms with Crippen molar-refractivity contribution in [2.75, 3.05) is 0 Å². The van der Waals surface area contributed by atoms with Crippen molar-refractivity contribution in [2.45, 2.75) is 23.2 Å². The Bertz CT molecular complexity index is 419. The van der Waals surface area contributed by atoms with Gasteiger partial charge >= 0.3 is 0 Å². The van der Waals surface area contributed by atoms with E-state index >= 15 is 0 Å². The summed E-state index contributed by atoms with van der Waals surface area (Å²) >= 11 is 5.39. The van der Waals surface area contributed by atoms with Crippen LogP contribution in [0.2, 0.25) is 0 Å². The van der Waals surface area contributed by atoms with E-state index in [0.717, 1.165) is 12.0 Å². The number of rotatable bonds is 0. The zero-order valence-corrected chi connectivity index (χ0v) is 11.6. The normalized spacial score (nSPS) is 21.0. The number of alkyl halides is 1. The molecule has 0 bridgehead atoms. The van der Waals surface area contributed by atoms with Crippen molar-refractivity contribution in [3.8, 4) is 0 Å². The number of halogens is 3. The summed E-state index contributed by atoms with van der Waals surface area (Å²) in [6.07, 6.45) is 1.76. The minimum atomic E-state index is -0.197. The van der Waals surface area contributed by atoms with Gasteiger partial charge in [-0.2, -0.15) is 0 Å². The highest BCUT2D eigenvalue weighted by Gasteiger charge is 2.23. The lowest BCUT2D eigenvalue weighted by Crippen LogP contribution is -2.13. The maximum absolute atomic E-state index is 13.6. The van der Waals surface area contributed by atoms with Crippen LogP contribution >= 0.6 is 38.5 Å². The third kappa shape index (κ3) is 2.41. The van der Waals surface area contributed by atoms with E-state index < -0.39 is 0 Å². The Labute approximate surface area is 110 Å². The summed E-state index contributed by atoms with van der Waals surface area (Å²) in [7, 11) is 0. The summed E-state index contributed by atoms with van der Waals surface area (Å²) in [5.74, 6) is 0.00419. The van der Waals surface area contributed by atoms with Crippen molar-refractivity contribution >= 4 is 44.3 Å². The van der Waals surface area contributed by atoms with E-state index in [0.29, 0.717) is 22.9 Å². The minimum absolute atomic E-state index is 0.0215. The first-order valence-corrected chi connectivity index (χ1v) is 6.75. The predicted molar refractivity (Wildman–Crippen MR) is 68.9 cm³/mol. The fourth-order valence-electron chi connectivity index (χ4n) is 1.82. The Morgan fingerprint density at radius 1 is 1.47 bits per heavy atom. The fourth-order valence-corrected chi connectivity index (χ4v) is 2.83. The molecule has 0 heterocycles. The molecule has 0 N–H and O–H groups in total. The van der Waals surface area contributed by atoms with Gasteiger partial charge in [-0.25, -0.2) is 4.39 Å². The Morgan fingerprint density at radius 3 is 2.93 bits per heavy atom. The minimum Gasteiger partial charge on any atom is -0.298 e. The first-order chi connectivity index (χ1) is 7.08. The van der Waals surface area contributed by atoms with Crippen LogP contribution in [0.15, 0.2) is 16.6 Å². The molecule has 1 aliphatic rings. The molecule has 1 atom stereocenters. The van der Waals surface area contributed by atoms with Crippen molar-refractivity contribution in [1.82, 2.24) is 0 Å². The second kappa shape index (κ2) is 4.49. The number of ketones is 1. The average Bonchev–Trinajstić information content (AvgIpc) is 2.27. The number of hydrogen-bond donors (Lipinski definition) is 0. The molecule has 0 aliphatic heterocycles. The number of benzene rings is 1. The van der Waals surface area contributed by atoms with Gasteiger partial charge in [-0.05, 0) is 36.1 Å². The van der Waals surface area contributed by atoms with Crippen LogP contribution < -0.4 is 0 Å². The quantitative estimate of drug-likeness (QED) is 0.381. The molecule has 0 radical (unpaired) electrons. The Kier molecular flexibility index (Phi) is 3.45. The Morgan fingerprint density at radius 2 is 2.20 bits per heavy atom. The van der Waals surface area contributed by atoms with Crippen LogP contribution in [0, 0.1) is 5.82 Å². The van der Waals surface area contributed by atoms with Crippen LogP contribution in [0.5, 0.6) is 0 Å². The highest BCUT2D eigenvalue weighted by atomic mass is 127. The largest absolute Gasteiger partial charge is 0.298 e. The molecule has 1 aliphatic carbocycles. The van der Waals surface area contributed by atoms with Crippen LogP contribution in [-0.2, 0) is 17.6 Å². The fraction of sp³-hybridized carbons (Fsp3) is 0.364. The van der Waals surface area contributed by atoms with Crippen molar-refractivity contribution < 1.29 is 9.18 Å². The molecule has 1 aromatic carbocycles. The smallest absolute Gasteiger partial charge is 0.150 e. The summed E-state index contributed by atoms with van der Waals surface area (Å²) in [6.45, 7) is 0. The van der Waals surface area contributed by atoms with Gasteiger partial charge in [0.1, 0.15) is 11.6 Å². The zero-order valence-electron chi connectivity index (χ0n) is 7.90. The van der Waals surface area contributed by atoms with Gasteiger partial charge in [0.25, 0.3) is 0 Å². The zero-order chi connectivity index (χ0) is 11.0. The van der Waals surface area contributed by atoms with Gasteiger partial charge in [-0.15, -0.1) is 0 Å². The van der Waals surface area contributed by atoms with Gasteiger partial charge in [-0.1, -0.05) is 38.5 Å². The van der Waals surface area contributed by atoms with E-state index in [1.807, 2.05) is 6.07 Å². The molecule has 1 aromatic rings. The van der Waals surface area contributed by atoms with Crippen LogP contribution in [0.25, 0.3) is 0 Å². The van der Waals surface area contributed by atoms with E-state index in [-0.39, 0.29) is 15.5 Å². The molecule has 2 rings (SSSR count). The Balaban J connectivity index is 2.47. The van der Waals surface area contributed by atoms with Crippen LogP contribution in [-0.4, -0.2) is 9.71 Å². The summed E-state index contributed by atoms with van der Waals surface area (Å²) in [5.41, 5.74) is 1.55. The number of hydrogen-bond acceptors (Lipinski definition) is 1. The van der Waals surface area contributed by atoms with Gasteiger partial charge in [0.2, 0.25) is 0 Å². The Hall–Kier alpha value is 0.0300. The van der Waals surface area contributed by atoms with E-state index in [1.165, 1.54) is 6.07 Å². The van der Waals surface area contributed by atoms with Gasteiger partial charge in [-0.3, -0.25) is 4.79 Å². The lowest BCUT2D eigenvalue weighted by Gasteiger charge is -2.06. The summed E-state index contributed by atoms with van der Waals surface area (Å²) < 4.78 is 14.4. The van der Waals surface area contributed by atoms with Gasteiger partial charge in [0.05, 0.1) is 3.92 Å². The average molecular weight is 383 g/mol. The highest BCUT2D eigenvalue weighted by molar-refractivity contribution is 14.1. The summed E-state index contributed by atoms with van der Waals surface area (Å²) in [5, 5.41) is 0. The molecule has 0 fully saturated rings. The maximum Gasteiger partial charge on any atom is 0.150 e. The topological polar surface area (TPSA) is 17.1 Å². The molecule has 1 nitrogen and oxygen atoms in total. The number of carbonyl (C=O) groups is 1. The molecular weight excluding hydrogens is 374 g/mol. The second-order valence-electron chi connectivity index (χ2n) is 3.67. The van der Waals surface area contributed by atoms with Gasteiger partial charge in [0.15, 0.2) is 0 Å². The first-order valence-electron chi connectivity index (χ1n) is 4.71. The molecular formula is C11H9BrFIO. The predicted octanol–water partition coefficient (Wildman–Crippen LogP) is 3.45. The van der Waals surface area contributed by atoms with E-state index in [9.17, 15) is 9.18 Å². The van der Waals surface area contributed by atoms with Crippen molar-refractivity contribution in [2.24, 2.45) is 0 Å². The highest BCUT2D eigenvalue weighted by Crippen LogP contribution is 2.27.